The molecule has 1 aromatic heterocycles. The second-order valence-corrected chi connectivity index (χ2v) is 4.45. The zero-order valence-electron chi connectivity index (χ0n) is 9.69. The van der Waals surface area contributed by atoms with Crippen molar-refractivity contribution in [1.82, 2.24) is 9.55 Å². The van der Waals surface area contributed by atoms with E-state index in [4.69, 9.17) is 21.4 Å². The van der Waals surface area contributed by atoms with Crippen molar-refractivity contribution in [2.24, 2.45) is 0 Å². The van der Waals surface area contributed by atoms with Gasteiger partial charge in [-0.3, -0.25) is 14.3 Å². The molecule has 0 bridgehead atoms. The summed E-state index contributed by atoms with van der Waals surface area (Å²) in [6, 6.07) is 0. The van der Waals surface area contributed by atoms with Crippen LogP contribution in [-0.2, 0) is 10.6 Å². The Labute approximate surface area is 111 Å². The molecule has 1 aliphatic rings. The number of aliphatic hydroxyl groups excluding tert-OH is 3. The lowest BCUT2D eigenvalue weighted by Gasteiger charge is -2.17. The average Bonchev–Trinajstić information content (AvgIpc) is 2.67. The highest BCUT2D eigenvalue weighted by molar-refractivity contribution is 6.17. The van der Waals surface area contributed by atoms with Gasteiger partial charge in [-0.05, 0) is 0 Å². The molecule has 0 aliphatic carbocycles. The third kappa shape index (κ3) is 2.45. The summed E-state index contributed by atoms with van der Waals surface area (Å²) in [6.45, 7) is -0.505. The number of halogens is 1. The van der Waals surface area contributed by atoms with Crippen LogP contribution in [0.4, 0.5) is 0 Å². The molecule has 1 aliphatic heterocycles. The van der Waals surface area contributed by atoms with E-state index in [9.17, 15) is 19.8 Å². The smallest absolute Gasteiger partial charge is 0.330 e. The number of H-pyrrole nitrogens is 1. The van der Waals surface area contributed by atoms with Gasteiger partial charge in [0.15, 0.2) is 6.23 Å². The van der Waals surface area contributed by atoms with Gasteiger partial charge in [0.1, 0.15) is 18.3 Å². The number of hydrogen-bond acceptors (Lipinski definition) is 6. The molecule has 1 saturated heterocycles. The lowest BCUT2D eigenvalue weighted by atomic mass is 10.1. The molecule has 1 aromatic rings. The summed E-state index contributed by atoms with van der Waals surface area (Å²) in [5.74, 6) is -0.121. The third-order valence-corrected chi connectivity index (χ3v) is 3.26. The molecule has 0 saturated carbocycles. The highest BCUT2D eigenvalue weighted by Gasteiger charge is 2.43. The number of rotatable bonds is 3. The molecule has 1 fully saturated rings. The van der Waals surface area contributed by atoms with E-state index in [1.54, 1.807) is 0 Å². The topological polar surface area (TPSA) is 125 Å². The number of nitrogens with zero attached hydrogens (tertiary/aromatic N) is 1. The summed E-state index contributed by atoms with van der Waals surface area (Å²) in [4.78, 5) is 25.1. The Morgan fingerprint density at radius 2 is 2.05 bits per heavy atom. The summed E-state index contributed by atoms with van der Waals surface area (Å²) in [5, 5.41) is 28.4. The van der Waals surface area contributed by atoms with Gasteiger partial charge in [0.25, 0.3) is 5.56 Å². The maximum Gasteiger partial charge on any atom is 0.330 e. The van der Waals surface area contributed by atoms with Gasteiger partial charge in [0.2, 0.25) is 0 Å². The first-order valence-corrected chi connectivity index (χ1v) is 6.05. The number of ether oxygens (including phenoxy) is 1. The van der Waals surface area contributed by atoms with Crippen LogP contribution in [0.1, 0.15) is 11.8 Å². The first-order chi connectivity index (χ1) is 8.99. The van der Waals surface area contributed by atoms with Crippen LogP contribution in [0.2, 0.25) is 0 Å². The number of aromatic nitrogens is 2. The predicted octanol–water partition coefficient (Wildman–Crippen LogP) is -2.11. The molecule has 2 rings (SSSR count). The van der Waals surface area contributed by atoms with Crippen LogP contribution in [0.25, 0.3) is 0 Å². The minimum Gasteiger partial charge on any atom is -0.394 e. The van der Waals surface area contributed by atoms with Crippen LogP contribution < -0.4 is 11.2 Å². The predicted molar refractivity (Wildman–Crippen MR) is 63.9 cm³/mol. The molecule has 4 atom stereocenters. The Balaban J connectivity index is 2.43. The molecule has 19 heavy (non-hydrogen) atoms. The van der Waals surface area contributed by atoms with Gasteiger partial charge in [0.05, 0.1) is 12.5 Å². The zero-order chi connectivity index (χ0) is 14.2. The summed E-state index contributed by atoms with van der Waals surface area (Å²) < 4.78 is 6.12. The highest BCUT2D eigenvalue weighted by Crippen LogP contribution is 2.27. The average molecular weight is 293 g/mol. The maximum absolute atomic E-state index is 11.7. The van der Waals surface area contributed by atoms with E-state index >= 15 is 0 Å². The summed E-state index contributed by atoms with van der Waals surface area (Å²) in [6.07, 6.45) is -3.76. The molecule has 8 nitrogen and oxygen atoms in total. The van der Waals surface area contributed by atoms with E-state index in [-0.39, 0.29) is 11.4 Å². The standard InChI is InChI=1S/C10H13ClN2O6/c11-1-4-2-13(10(18)12-8(4)17)9-7(16)6(15)5(3-14)19-9/h2,5-7,9,14-16H,1,3H2,(H,12,17,18)/t5-,6-,7-,9-/m1/s1. The van der Waals surface area contributed by atoms with Crippen molar-refractivity contribution in [2.45, 2.75) is 30.4 Å². The molecule has 0 aromatic carbocycles. The van der Waals surface area contributed by atoms with E-state index in [2.05, 4.69) is 0 Å². The van der Waals surface area contributed by atoms with Crippen LogP contribution in [0.5, 0.6) is 0 Å². The van der Waals surface area contributed by atoms with Crippen molar-refractivity contribution in [1.29, 1.82) is 0 Å². The second-order valence-electron chi connectivity index (χ2n) is 4.18. The van der Waals surface area contributed by atoms with Crippen molar-refractivity contribution in [3.63, 3.8) is 0 Å². The van der Waals surface area contributed by atoms with Gasteiger partial charge in [-0.1, -0.05) is 0 Å². The first kappa shape index (κ1) is 14.2. The molecule has 9 heteroatoms. The molecular formula is C10H13ClN2O6. The SMILES string of the molecule is O=c1[nH]c(=O)n([C@@H]2O[C@H](CO)[C@@H](O)[C@H]2O)cc1CCl. The summed E-state index contributed by atoms with van der Waals surface area (Å²) >= 11 is 5.56. The van der Waals surface area contributed by atoms with E-state index in [0.29, 0.717) is 0 Å². The molecule has 0 unspecified atom stereocenters. The Morgan fingerprint density at radius 1 is 1.37 bits per heavy atom. The Kier molecular flexibility index (Phi) is 4.07. The zero-order valence-corrected chi connectivity index (χ0v) is 10.4. The van der Waals surface area contributed by atoms with Gasteiger partial charge in [-0.15, -0.1) is 11.6 Å². The Hall–Kier alpha value is -1.19. The first-order valence-electron chi connectivity index (χ1n) is 5.52. The Bertz CT molecular complexity index is 570. The number of nitrogens with one attached hydrogen (secondary N) is 1. The van der Waals surface area contributed by atoms with Gasteiger partial charge in [0, 0.05) is 11.8 Å². The largest absolute Gasteiger partial charge is 0.394 e. The third-order valence-electron chi connectivity index (χ3n) is 2.98. The van der Waals surface area contributed by atoms with Crippen LogP contribution in [-0.4, -0.2) is 49.8 Å². The van der Waals surface area contributed by atoms with Gasteiger partial charge >= 0.3 is 5.69 Å². The van der Waals surface area contributed by atoms with E-state index in [0.717, 1.165) is 10.8 Å². The molecular weight excluding hydrogens is 280 g/mol. The lowest BCUT2D eigenvalue weighted by molar-refractivity contribution is -0.0551. The van der Waals surface area contributed by atoms with Crippen LogP contribution >= 0.6 is 11.6 Å². The number of hydrogen-bond donors (Lipinski definition) is 4. The Morgan fingerprint density at radius 3 is 2.58 bits per heavy atom. The number of alkyl halides is 1. The van der Waals surface area contributed by atoms with Crippen molar-refractivity contribution < 1.29 is 20.1 Å². The van der Waals surface area contributed by atoms with Crippen molar-refractivity contribution in [2.75, 3.05) is 6.61 Å². The molecule has 0 spiro atoms. The van der Waals surface area contributed by atoms with E-state index < -0.39 is 42.4 Å². The van der Waals surface area contributed by atoms with Gasteiger partial charge in [-0.2, -0.15) is 0 Å². The van der Waals surface area contributed by atoms with Crippen molar-refractivity contribution in [3.8, 4) is 0 Å². The minimum atomic E-state index is -1.40. The van der Waals surface area contributed by atoms with Crippen molar-refractivity contribution >= 4 is 11.6 Å². The second kappa shape index (κ2) is 5.43. The molecule has 4 N–H and O–H groups in total. The quantitative estimate of drug-likeness (QED) is 0.472. The van der Waals surface area contributed by atoms with Crippen LogP contribution in [0, 0.1) is 0 Å². The lowest BCUT2D eigenvalue weighted by Crippen LogP contribution is -2.38. The fourth-order valence-electron chi connectivity index (χ4n) is 1.92. The van der Waals surface area contributed by atoms with Crippen LogP contribution in [0.15, 0.2) is 15.8 Å². The normalized spacial score (nSPS) is 30.7. The van der Waals surface area contributed by atoms with Gasteiger partial charge in [-0.25, -0.2) is 4.79 Å². The van der Waals surface area contributed by atoms with Crippen molar-refractivity contribution in [3.05, 3.63) is 32.6 Å². The fraction of sp³-hybridized carbons (Fsp3) is 0.600. The maximum atomic E-state index is 11.7. The fourth-order valence-corrected chi connectivity index (χ4v) is 2.11. The highest BCUT2D eigenvalue weighted by atomic mass is 35.5. The van der Waals surface area contributed by atoms with Gasteiger partial charge < -0.3 is 20.1 Å². The van der Waals surface area contributed by atoms with Crippen LogP contribution in [0.3, 0.4) is 0 Å². The minimum absolute atomic E-state index is 0.121. The summed E-state index contributed by atoms with van der Waals surface area (Å²) in [5.41, 5.74) is -1.30. The molecule has 0 radical (unpaired) electrons. The molecule has 0 amide bonds. The number of aromatic amines is 1. The van der Waals surface area contributed by atoms with E-state index in [1.807, 2.05) is 4.98 Å². The van der Waals surface area contributed by atoms with E-state index in [1.165, 1.54) is 0 Å². The summed E-state index contributed by atoms with van der Waals surface area (Å²) in [7, 11) is 0. The number of aliphatic hydroxyl groups is 3. The molecule has 106 valence electrons. The molecule has 2 heterocycles. The monoisotopic (exact) mass is 292 g/mol.